The normalized spacial score (nSPS) is 17.0. The van der Waals surface area contributed by atoms with Crippen LogP contribution in [0, 0.1) is 0 Å². The number of fused-ring (bicyclic) bond motifs is 1. The van der Waals surface area contributed by atoms with Crippen molar-refractivity contribution in [2.75, 3.05) is 49.1 Å². The quantitative estimate of drug-likeness (QED) is 0.643. The highest BCUT2D eigenvalue weighted by molar-refractivity contribution is 6.33. The van der Waals surface area contributed by atoms with Crippen molar-refractivity contribution in [3.05, 3.63) is 59.4 Å². The van der Waals surface area contributed by atoms with Crippen LogP contribution in [-0.2, 0) is 0 Å². The summed E-state index contributed by atoms with van der Waals surface area (Å²) < 4.78 is 0. The third kappa shape index (κ3) is 3.56. The van der Waals surface area contributed by atoms with Crippen LogP contribution in [0.25, 0.3) is 10.9 Å². The fraction of sp³-hybridized carbons (Fsp3) is 0.348. The number of benzene rings is 2. The summed E-state index contributed by atoms with van der Waals surface area (Å²) in [6.45, 7) is 4.90. The summed E-state index contributed by atoms with van der Waals surface area (Å²) in [5.74, 6) is 1.00. The molecule has 2 saturated heterocycles. The van der Waals surface area contributed by atoms with Crippen LogP contribution in [0.2, 0.25) is 5.02 Å². The second-order valence-electron chi connectivity index (χ2n) is 7.85. The summed E-state index contributed by atoms with van der Waals surface area (Å²) in [7, 11) is 0. The number of carbonyl (C=O) groups excluding carboxylic acids is 1. The van der Waals surface area contributed by atoms with Crippen molar-refractivity contribution in [1.29, 1.82) is 0 Å². The van der Waals surface area contributed by atoms with Gasteiger partial charge in [-0.15, -0.1) is 0 Å². The molecule has 0 aliphatic carbocycles. The number of halogens is 1. The molecule has 0 saturated carbocycles. The molecule has 0 radical (unpaired) electrons. The van der Waals surface area contributed by atoms with E-state index in [-0.39, 0.29) is 5.91 Å². The van der Waals surface area contributed by atoms with E-state index >= 15 is 0 Å². The van der Waals surface area contributed by atoms with Gasteiger partial charge in [0.25, 0.3) is 5.91 Å². The maximum Gasteiger partial charge on any atom is 0.254 e. The monoisotopic (exact) mass is 421 g/mol. The van der Waals surface area contributed by atoms with Gasteiger partial charge < -0.3 is 14.7 Å². The van der Waals surface area contributed by atoms with Gasteiger partial charge in [-0.2, -0.15) is 0 Å². The molecule has 30 heavy (non-hydrogen) atoms. The Morgan fingerprint density at radius 2 is 1.63 bits per heavy atom. The zero-order valence-corrected chi connectivity index (χ0v) is 17.6. The number of amides is 1. The van der Waals surface area contributed by atoms with Gasteiger partial charge in [-0.3, -0.25) is 4.79 Å². The summed E-state index contributed by atoms with van der Waals surface area (Å²) >= 11 is 6.34. The molecule has 0 bridgehead atoms. The van der Waals surface area contributed by atoms with E-state index in [1.54, 1.807) is 6.33 Å². The topological polar surface area (TPSA) is 52.6 Å². The van der Waals surface area contributed by atoms with E-state index < -0.39 is 0 Å². The molecule has 0 unspecified atom stereocenters. The lowest BCUT2D eigenvalue weighted by Crippen LogP contribution is -2.48. The lowest BCUT2D eigenvalue weighted by molar-refractivity contribution is 0.0747. The minimum atomic E-state index is 0.0620. The zero-order chi connectivity index (χ0) is 20.5. The number of aromatic nitrogens is 2. The van der Waals surface area contributed by atoms with Crippen molar-refractivity contribution in [3.8, 4) is 0 Å². The fourth-order valence-electron chi connectivity index (χ4n) is 4.40. The van der Waals surface area contributed by atoms with E-state index in [4.69, 9.17) is 11.6 Å². The molecule has 7 heteroatoms. The Bertz CT molecular complexity index is 1070. The maximum atomic E-state index is 13.2. The van der Waals surface area contributed by atoms with Gasteiger partial charge >= 0.3 is 0 Å². The van der Waals surface area contributed by atoms with E-state index in [9.17, 15) is 4.79 Å². The number of rotatable bonds is 3. The number of para-hydroxylation sites is 1. The number of hydrogen-bond acceptors (Lipinski definition) is 5. The number of nitrogens with zero attached hydrogens (tertiary/aromatic N) is 5. The third-order valence-corrected chi connectivity index (χ3v) is 6.35. The molecule has 1 aromatic heterocycles. The minimum Gasteiger partial charge on any atom is -0.367 e. The molecule has 6 nitrogen and oxygen atoms in total. The van der Waals surface area contributed by atoms with Gasteiger partial charge in [-0.05, 0) is 43.2 Å². The molecule has 0 N–H and O–H groups in total. The zero-order valence-electron chi connectivity index (χ0n) is 16.8. The van der Waals surface area contributed by atoms with Crippen LogP contribution >= 0.6 is 11.6 Å². The first-order chi connectivity index (χ1) is 14.7. The van der Waals surface area contributed by atoms with Gasteiger partial charge in [0.1, 0.15) is 12.1 Å². The fourth-order valence-corrected chi connectivity index (χ4v) is 4.65. The molecule has 0 atom stereocenters. The highest BCUT2D eigenvalue weighted by atomic mass is 35.5. The predicted molar refractivity (Wildman–Crippen MR) is 121 cm³/mol. The Balaban J connectivity index is 1.35. The summed E-state index contributed by atoms with van der Waals surface area (Å²) in [6.07, 6.45) is 3.98. The third-order valence-electron chi connectivity index (χ3n) is 6.03. The molecule has 2 fully saturated rings. The largest absolute Gasteiger partial charge is 0.367 e. The summed E-state index contributed by atoms with van der Waals surface area (Å²) in [6, 6.07) is 13.6. The molecule has 154 valence electrons. The van der Waals surface area contributed by atoms with Gasteiger partial charge in [0.2, 0.25) is 0 Å². The summed E-state index contributed by atoms with van der Waals surface area (Å²) in [5, 5.41) is 1.71. The Morgan fingerprint density at radius 1 is 0.867 bits per heavy atom. The standard InChI is InChI=1S/C23H24ClN5O/c24-19-5-1-2-6-21(19)27-11-13-29(14-12-27)23(30)17-7-8-20-18(15-17)22(26-16-25-20)28-9-3-4-10-28/h1-2,5-8,15-16H,3-4,9-14H2. The molecule has 2 aromatic carbocycles. The predicted octanol–water partition coefficient (Wildman–Crippen LogP) is 3.85. The average molecular weight is 422 g/mol. The van der Waals surface area contributed by atoms with E-state index in [2.05, 4.69) is 19.8 Å². The molecule has 0 spiro atoms. The van der Waals surface area contributed by atoms with Crippen molar-refractivity contribution in [2.24, 2.45) is 0 Å². The van der Waals surface area contributed by atoms with Gasteiger partial charge in [-0.25, -0.2) is 9.97 Å². The molecule has 2 aliphatic rings. The number of anilines is 2. The van der Waals surface area contributed by atoms with Crippen LogP contribution in [-0.4, -0.2) is 60.0 Å². The molecule has 3 aromatic rings. The Morgan fingerprint density at radius 3 is 2.40 bits per heavy atom. The number of carbonyl (C=O) groups is 1. The van der Waals surface area contributed by atoms with Crippen LogP contribution in [0.1, 0.15) is 23.2 Å². The smallest absolute Gasteiger partial charge is 0.254 e. The lowest BCUT2D eigenvalue weighted by Gasteiger charge is -2.36. The highest BCUT2D eigenvalue weighted by Gasteiger charge is 2.24. The average Bonchev–Trinajstić information content (AvgIpc) is 3.33. The van der Waals surface area contributed by atoms with Crippen LogP contribution in [0.15, 0.2) is 48.8 Å². The number of hydrogen-bond donors (Lipinski definition) is 0. The molecule has 3 heterocycles. The molecular weight excluding hydrogens is 398 g/mol. The van der Waals surface area contributed by atoms with Crippen LogP contribution in [0.3, 0.4) is 0 Å². The minimum absolute atomic E-state index is 0.0620. The Hall–Kier alpha value is -2.86. The Kier molecular flexibility index (Phi) is 5.17. The lowest BCUT2D eigenvalue weighted by atomic mass is 10.1. The van der Waals surface area contributed by atoms with E-state index in [1.807, 2.05) is 47.4 Å². The Labute approximate surface area is 181 Å². The van der Waals surface area contributed by atoms with Crippen molar-refractivity contribution < 1.29 is 4.79 Å². The maximum absolute atomic E-state index is 13.2. The van der Waals surface area contributed by atoms with Crippen LogP contribution in [0.4, 0.5) is 11.5 Å². The van der Waals surface area contributed by atoms with Gasteiger partial charge in [-0.1, -0.05) is 23.7 Å². The van der Waals surface area contributed by atoms with Crippen molar-refractivity contribution >= 4 is 39.9 Å². The van der Waals surface area contributed by atoms with Crippen molar-refractivity contribution in [3.63, 3.8) is 0 Å². The SMILES string of the molecule is O=C(c1ccc2ncnc(N3CCCC3)c2c1)N1CCN(c2ccccc2Cl)CC1. The van der Waals surface area contributed by atoms with Gasteiger partial charge in [0.15, 0.2) is 0 Å². The van der Waals surface area contributed by atoms with Crippen LogP contribution in [0.5, 0.6) is 0 Å². The molecule has 1 amide bonds. The van der Waals surface area contributed by atoms with Gasteiger partial charge in [0, 0.05) is 50.2 Å². The van der Waals surface area contributed by atoms with Crippen molar-refractivity contribution in [1.82, 2.24) is 14.9 Å². The highest BCUT2D eigenvalue weighted by Crippen LogP contribution is 2.28. The first-order valence-corrected chi connectivity index (χ1v) is 10.9. The molecular formula is C23H24ClN5O. The first-order valence-electron chi connectivity index (χ1n) is 10.5. The number of piperazine rings is 1. The van der Waals surface area contributed by atoms with Gasteiger partial charge in [0.05, 0.1) is 16.2 Å². The van der Waals surface area contributed by atoms with Crippen molar-refractivity contribution in [2.45, 2.75) is 12.8 Å². The molecule has 5 rings (SSSR count). The van der Waals surface area contributed by atoms with E-state index in [0.717, 1.165) is 53.6 Å². The molecule has 2 aliphatic heterocycles. The van der Waals surface area contributed by atoms with E-state index in [1.165, 1.54) is 12.8 Å². The second-order valence-corrected chi connectivity index (χ2v) is 8.26. The summed E-state index contributed by atoms with van der Waals surface area (Å²) in [4.78, 5) is 28.6. The van der Waals surface area contributed by atoms with E-state index in [0.29, 0.717) is 18.7 Å². The first kappa shape index (κ1) is 19.1. The van der Waals surface area contributed by atoms with Crippen LogP contribution < -0.4 is 9.80 Å². The summed E-state index contributed by atoms with van der Waals surface area (Å²) in [5.41, 5.74) is 2.61. The second kappa shape index (κ2) is 8.11.